The van der Waals surface area contributed by atoms with Gasteiger partial charge in [-0.05, 0) is 56.3 Å². The third-order valence-electron chi connectivity index (χ3n) is 4.77. The number of benzene rings is 1. The van der Waals surface area contributed by atoms with Crippen LogP contribution in [0, 0.1) is 11.7 Å². The molecule has 1 heterocycles. The van der Waals surface area contributed by atoms with Crippen molar-refractivity contribution in [1.82, 2.24) is 4.90 Å². The summed E-state index contributed by atoms with van der Waals surface area (Å²) in [6, 6.07) is 4.65. The molecule has 1 N–H and O–H groups in total. The molecule has 108 valence electrons. The van der Waals surface area contributed by atoms with Crippen molar-refractivity contribution < 1.29 is 14.3 Å². The average molecular weight is 277 g/mol. The van der Waals surface area contributed by atoms with Crippen molar-refractivity contribution in [2.75, 3.05) is 6.54 Å². The van der Waals surface area contributed by atoms with Crippen LogP contribution in [0.25, 0.3) is 0 Å². The Hall–Kier alpha value is -1.42. The Bertz CT molecular complexity index is 517. The highest BCUT2D eigenvalue weighted by molar-refractivity contribution is 5.87. The number of likely N-dealkylation sites (tertiary alicyclic amines) is 1. The van der Waals surface area contributed by atoms with Gasteiger partial charge in [0.25, 0.3) is 0 Å². The summed E-state index contributed by atoms with van der Waals surface area (Å²) >= 11 is 0. The Morgan fingerprint density at radius 1 is 1.30 bits per heavy atom. The van der Waals surface area contributed by atoms with E-state index in [1.807, 2.05) is 0 Å². The largest absolute Gasteiger partial charge is 0.478 e. The van der Waals surface area contributed by atoms with E-state index < -0.39 is 5.97 Å². The predicted molar refractivity (Wildman–Crippen MR) is 74.1 cm³/mol. The Labute approximate surface area is 118 Å². The van der Waals surface area contributed by atoms with Crippen LogP contribution in [0.15, 0.2) is 18.2 Å². The maximum absolute atomic E-state index is 13.9. The molecule has 1 saturated carbocycles. The number of carbonyl (C=O) groups is 1. The number of aromatic carboxylic acids is 1. The van der Waals surface area contributed by atoms with Crippen molar-refractivity contribution in [3.8, 4) is 0 Å². The zero-order chi connectivity index (χ0) is 14.1. The molecule has 0 radical (unpaired) electrons. The zero-order valence-electron chi connectivity index (χ0n) is 11.5. The molecular formula is C16H20FNO2. The lowest BCUT2D eigenvalue weighted by molar-refractivity contribution is 0.0696. The fourth-order valence-electron chi connectivity index (χ4n) is 3.80. The smallest absolute Gasteiger partial charge is 0.335 e. The van der Waals surface area contributed by atoms with Gasteiger partial charge in [0.2, 0.25) is 0 Å². The summed E-state index contributed by atoms with van der Waals surface area (Å²) < 4.78 is 13.9. The second-order valence-corrected chi connectivity index (χ2v) is 5.98. The number of hydrogen-bond acceptors (Lipinski definition) is 2. The van der Waals surface area contributed by atoms with E-state index in [0.717, 1.165) is 12.5 Å². The van der Waals surface area contributed by atoms with Crippen LogP contribution in [0.2, 0.25) is 0 Å². The van der Waals surface area contributed by atoms with Crippen molar-refractivity contribution in [2.45, 2.75) is 44.7 Å². The predicted octanol–water partition coefficient (Wildman–Crippen LogP) is 3.29. The summed E-state index contributed by atoms with van der Waals surface area (Å²) in [5.74, 6) is -0.534. The maximum atomic E-state index is 13.9. The molecule has 1 saturated heterocycles. The fraction of sp³-hybridized carbons (Fsp3) is 0.562. The van der Waals surface area contributed by atoms with Gasteiger partial charge in [0.05, 0.1) is 5.56 Å². The molecule has 2 atom stereocenters. The molecule has 3 rings (SSSR count). The molecule has 4 heteroatoms. The second kappa shape index (κ2) is 5.52. The van der Waals surface area contributed by atoms with Crippen molar-refractivity contribution >= 4 is 5.97 Å². The minimum atomic E-state index is -0.997. The molecule has 1 aromatic rings. The molecule has 2 aliphatic rings. The molecule has 20 heavy (non-hydrogen) atoms. The number of halogens is 1. The van der Waals surface area contributed by atoms with E-state index in [1.165, 1.54) is 50.3 Å². The van der Waals surface area contributed by atoms with Gasteiger partial charge in [-0.2, -0.15) is 0 Å². The van der Waals surface area contributed by atoms with E-state index in [4.69, 9.17) is 5.11 Å². The van der Waals surface area contributed by atoms with Crippen molar-refractivity contribution in [3.63, 3.8) is 0 Å². The number of piperidine rings is 1. The highest BCUT2D eigenvalue weighted by atomic mass is 19.1. The van der Waals surface area contributed by atoms with Crippen molar-refractivity contribution in [2.24, 2.45) is 5.92 Å². The van der Waals surface area contributed by atoms with Gasteiger partial charge < -0.3 is 5.11 Å². The lowest BCUT2D eigenvalue weighted by Gasteiger charge is -2.37. The van der Waals surface area contributed by atoms with E-state index in [2.05, 4.69) is 4.90 Å². The summed E-state index contributed by atoms with van der Waals surface area (Å²) in [6.07, 6.45) is 6.22. The van der Waals surface area contributed by atoms with Crippen LogP contribution in [-0.2, 0) is 6.54 Å². The minimum absolute atomic E-state index is 0.168. The quantitative estimate of drug-likeness (QED) is 0.921. The van der Waals surface area contributed by atoms with Gasteiger partial charge in [-0.3, -0.25) is 4.90 Å². The van der Waals surface area contributed by atoms with Crippen LogP contribution in [0.1, 0.15) is 48.0 Å². The first kappa shape index (κ1) is 13.6. The molecule has 1 aliphatic carbocycles. The number of rotatable bonds is 3. The Morgan fingerprint density at radius 3 is 2.90 bits per heavy atom. The molecular weight excluding hydrogens is 257 g/mol. The summed E-state index contributed by atoms with van der Waals surface area (Å²) in [5.41, 5.74) is 0.679. The van der Waals surface area contributed by atoms with E-state index in [-0.39, 0.29) is 11.4 Å². The van der Waals surface area contributed by atoms with Crippen LogP contribution < -0.4 is 0 Å². The third kappa shape index (κ3) is 2.57. The molecule has 0 spiro atoms. The van der Waals surface area contributed by atoms with Gasteiger partial charge in [0.1, 0.15) is 5.82 Å². The van der Waals surface area contributed by atoms with Gasteiger partial charge in [0.15, 0.2) is 0 Å². The Morgan fingerprint density at radius 2 is 2.10 bits per heavy atom. The van der Waals surface area contributed by atoms with Crippen LogP contribution >= 0.6 is 0 Å². The van der Waals surface area contributed by atoms with Crippen LogP contribution in [0.5, 0.6) is 0 Å². The molecule has 0 bridgehead atoms. The molecule has 2 fully saturated rings. The highest BCUT2D eigenvalue weighted by Crippen LogP contribution is 2.37. The van der Waals surface area contributed by atoms with E-state index >= 15 is 0 Å². The first-order valence-electron chi connectivity index (χ1n) is 7.41. The minimum Gasteiger partial charge on any atom is -0.478 e. The molecule has 3 nitrogen and oxygen atoms in total. The fourth-order valence-corrected chi connectivity index (χ4v) is 3.80. The highest BCUT2D eigenvalue weighted by Gasteiger charge is 2.35. The van der Waals surface area contributed by atoms with Crippen LogP contribution in [-0.4, -0.2) is 28.6 Å². The lowest BCUT2D eigenvalue weighted by atomic mass is 9.91. The number of fused-ring (bicyclic) bond motifs is 1. The SMILES string of the molecule is O=C(O)c1ccc(F)c(CN2CCCC3CCCC32)c1. The van der Waals surface area contributed by atoms with Crippen LogP contribution in [0.4, 0.5) is 4.39 Å². The van der Waals surface area contributed by atoms with E-state index in [0.29, 0.717) is 18.2 Å². The first-order valence-corrected chi connectivity index (χ1v) is 7.41. The first-order chi connectivity index (χ1) is 9.65. The average Bonchev–Trinajstić information content (AvgIpc) is 2.90. The molecule has 1 aromatic carbocycles. The van der Waals surface area contributed by atoms with E-state index in [9.17, 15) is 9.18 Å². The van der Waals surface area contributed by atoms with Crippen molar-refractivity contribution in [1.29, 1.82) is 0 Å². The number of hydrogen-bond donors (Lipinski definition) is 1. The second-order valence-electron chi connectivity index (χ2n) is 5.98. The third-order valence-corrected chi connectivity index (χ3v) is 4.77. The van der Waals surface area contributed by atoms with Gasteiger partial charge >= 0.3 is 5.97 Å². The zero-order valence-corrected chi connectivity index (χ0v) is 11.5. The van der Waals surface area contributed by atoms with Crippen LogP contribution in [0.3, 0.4) is 0 Å². The molecule has 0 amide bonds. The standard InChI is InChI=1S/C16H20FNO2/c17-14-7-6-12(16(19)20)9-13(14)10-18-8-2-4-11-3-1-5-15(11)18/h6-7,9,11,15H,1-5,8,10H2,(H,19,20). The van der Waals surface area contributed by atoms with Gasteiger partial charge in [0, 0.05) is 18.2 Å². The Kier molecular flexibility index (Phi) is 3.74. The topological polar surface area (TPSA) is 40.5 Å². The summed E-state index contributed by atoms with van der Waals surface area (Å²) in [7, 11) is 0. The normalized spacial score (nSPS) is 26.4. The lowest BCUT2D eigenvalue weighted by Crippen LogP contribution is -2.42. The number of carboxylic acid groups (broad SMARTS) is 1. The number of carboxylic acids is 1. The van der Waals surface area contributed by atoms with Gasteiger partial charge in [-0.25, -0.2) is 9.18 Å². The number of nitrogens with zero attached hydrogens (tertiary/aromatic N) is 1. The van der Waals surface area contributed by atoms with E-state index in [1.54, 1.807) is 0 Å². The van der Waals surface area contributed by atoms with Crippen molar-refractivity contribution in [3.05, 3.63) is 35.1 Å². The van der Waals surface area contributed by atoms with Gasteiger partial charge in [-0.15, -0.1) is 0 Å². The molecule has 2 unspecified atom stereocenters. The Balaban J connectivity index is 1.79. The molecule has 0 aromatic heterocycles. The summed E-state index contributed by atoms with van der Waals surface area (Å²) in [4.78, 5) is 13.4. The monoisotopic (exact) mass is 277 g/mol. The molecule has 1 aliphatic heterocycles. The summed E-state index contributed by atoms with van der Waals surface area (Å²) in [6.45, 7) is 1.53. The van der Waals surface area contributed by atoms with Gasteiger partial charge in [-0.1, -0.05) is 6.42 Å². The maximum Gasteiger partial charge on any atom is 0.335 e. The summed E-state index contributed by atoms with van der Waals surface area (Å²) in [5, 5.41) is 9.02.